The topological polar surface area (TPSA) is 48.2 Å². The molecule has 20 heavy (non-hydrogen) atoms. The molecule has 1 unspecified atom stereocenters. The monoisotopic (exact) mass is 291 g/mol. The van der Waals surface area contributed by atoms with Crippen molar-refractivity contribution in [2.75, 3.05) is 13.3 Å². The van der Waals surface area contributed by atoms with E-state index >= 15 is 0 Å². The van der Waals surface area contributed by atoms with Gasteiger partial charge in [-0.25, -0.2) is 4.99 Å². The molecule has 0 saturated carbocycles. The summed E-state index contributed by atoms with van der Waals surface area (Å²) >= 11 is 1.50. The Morgan fingerprint density at radius 2 is 1.85 bits per heavy atom. The Labute approximate surface area is 124 Å². The fraction of sp³-hybridized carbons (Fsp3) is 0.467. The number of hydrogen-bond acceptors (Lipinski definition) is 4. The van der Waals surface area contributed by atoms with E-state index in [9.17, 15) is 5.11 Å². The van der Waals surface area contributed by atoms with Crippen molar-refractivity contribution in [2.45, 2.75) is 32.0 Å². The number of aliphatic hydroxyl groups is 1. The third kappa shape index (κ3) is 2.60. The second-order valence-corrected chi connectivity index (χ2v) is 6.58. The van der Waals surface area contributed by atoms with Gasteiger partial charge in [-0.15, -0.1) is 0 Å². The van der Waals surface area contributed by atoms with Crippen molar-refractivity contribution >= 4 is 22.8 Å². The summed E-state index contributed by atoms with van der Waals surface area (Å²) < 4.78 is 0. The standard InChI is InChI=1S/C15H21N3OS/c1-14(2,3)17-12-15(19,11-9-7-6-8-10-11)18(4)13(16-12)20-5/h6-10,19H,1-5H3. The molecule has 1 aliphatic heterocycles. The molecule has 108 valence electrons. The van der Waals surface area contributed by atoms with E-state index in [0.29, 0.717) is 5.84 Å². The van der Waals surface area contributed by atoms with Gasteiger partial charge in [0.05, 0.1) is 5.54 Å². The predicted octanol–water partition coefficient (Wildman–Crippen LogP) is 2.69. The molecule has 1 aromatic rings. The summed E-state index contributed by atoms with van der Waals surface area (Å²) in [7, 11) is 1.84. The summed E-state index contributed by atoms with van der Waals surface area (Å²) in [5.41, 5.74) is -0.818. The molecule has 1 heterocycles. The molecule has 0 aliphatic carbocycles. The maximum absolute atomic E-state index is 11.2. The smallest absolute Gasteiger partial charge is 0.227 e. The molecule has 0 amide bonds. The van der Waals surface area contributed by atoms with Crippen molar-refractivity contribution in [3.05, 3.63) is 35.9 Å². The highest BCUT2D eigenvalue weighted by Gasteiger charge is 2.47. The van der Waals surface area contributed by atoms with Gasteiger partial charge in [0.2, 0.25) is 5.72 Å². The maximum atomic E-state index is 11.2. The van der Waals surface area contributed by atoms with Crippen LogP contribution >= 0.6 is 11.8 Å². The lowest BCUT2D eigenvalue weighted by Crippen LogP contribution is -2.46. The molecular weight excluding hydrogens is 270 g/mol. The Bertz CT molecular complexity index is 548. The van der Waals surface area contributed by atoms with Gasteiger partial charge in [-0.3, -0.25) is 4.99 Å². The van der Waals surface area contributed by atoms with E-state index in [1.807, 2.05) is 64.4 Å². The average Bonchev–Trinajstić information content (AvgIpc) is 2.63. The van der Waals surface area contributed by atoms with E-state index in [1.54, 1.807) is 4.90 Å². The summed E-state index contributed by atoms with van der Waals surface area (Å²) in [6.45, 7) is 5.99. The van der Waals surface area contributed by atoms with E-state index in [2.05, 4.69) is 9.98 Å². The van der Waals surface area contributed by atoms with Crippen LogP contribution in [0.5, 0.6) is 0 Å². The fourth-order valence-electron chi connectivity index (χ4n) is 2.13. The van der Waals surface area contributed by atoms with Gasteiger partial charge in [0.1, 0.15) is 0 Å². The first-order valence-corrected chi connectivity index (χ1v) is 7.76. The van der Waals surface area contributed by atoms with Gasteiger partial charge in [-0.05, 0) is 27.0 Å². The highest BCUT2D eigenvalue weighted by molar-refractivity contribution is 8.13. The van der Waals surface area contributed by atoms with Crippen LogP contribution in [0.2, 0.25) is 0 Å². The van der Waals surface area contributed by atoms with Gasteiger partial charge in [0.25, 0.3) is 0 Å². The first kappa shape index (κ1) is 15.1. The molecule has 1 aliphatic rings. The highest BCUT2D eigenvalue weighted by atomic mass is 32.2. The van der Waals surface area contributed by atoms with Crippen LogP contribution in [0.4, 0.5) is 0 Å². The Hall–Kier alpha value is -1.33. The molecule has 1 N–H and O–H groups in total. The molecule has 0 radical (unpaired) electrons. The first-order valence-electron chi connectivity index (χ1n) is 6.54. The van der Waals surface area contributed by atoms with Gasteiger partial charge < -0.3 is 10.0 Å². The van der Waals surface area contributed by atoms with E-state index in [0.717, 1.165) is 10.7 Å². The molecule has 4 nitrogen and oxygen atoms in total. The van der Waals surface area contributed by atoms with Gasteiger partial charge in [0.15, 0.2) is 11.0 Å². The number of thioether (sulfide) groups is 1. The van der Waals surface area contributed by atoms with Crippen LogP contribution in [0, 0.1) is 0 Å². The third-order valence-corrected chi connectivity index (χ3v) is 3.82. The number of benzene rings is 1. The summed E-state index contributed by atoms with van der Waals surface area (Å²) in [6.07, 6.45) is 1.95. The minimum absolute atomic E-state index is 0.295. The number of rotatable bonds is 1. The molecule has 1 atom stereocenters. The molecule has 0 aromatic heterocycles. The highest BCUT2D eigenvalue weighted by Crippen LogP contribution is 2.35. The maximum Gasteiger partial charge on any atom is 0.227 e. The van der Waals surface area contributed by atoms with Crippen LogP contribution in [-0.4, -0.2) is 39.9 Å². The van der Waals surface area contributed by atoms with Gasteiger partial charge >= 0.3 is 0 Å². The van der Waals surface area contributed by atoms with Gasteiger partial charge in [0, 0.05) is 12.6 Å². The van der Waals surface area contributed by atoms with Crippen molar-refractivity contribution in [1.29, 1.82) is 0 Å². The Balaban J connectivity index is 2.58. The Morgan fingerprint density at radius 1 is 1.25 bits per heavy atom. The van der Waals surface area contributed by atoms with Crippen LogP contribution in [0.3, 0.4) is 0 Å². The van der Waals surface area contributed by atoms with E-state index in [4.69, 9.17) is 0 Å². The zero-order valence-corrected chi connectivity index (χ0v) is 13.4. The summed E-state index contributed by atoms with van der Waals surface area (Å²) in [4.78, 5) is 10.9. The second kappa shape index (κ2) is 5.22. The number of aliphatic imine (C=N–C) groups is 2. The normalized spacial score (nSPS) is 25.2. The molecule has 5 heteroatoms. The third-order valence-electron chi connectivity index (χ3n) is 3.09. The lowest BCUT2D eigenvalue weighted by atomic mass is 10.0. The molecule has 0 saturated heterocycles. The number of nitrogens with zero attached hydrogens (tertiary/aromatic N) is 3. The minimum Gasteiger partial charge on any atom is -0.361 e. The quantitative estimate of drug-likeness (QED) is 0.865. The van der Waals surface area contributed by atoms with Crippen molar-refractivity contribution < 1.29 is 5.11 Å². The van der Waals surface area contributed by atoms with Gasteiger partial charge in [-0.1, -0.05) is 42.1 Å². The molecule has 1 aromatic carbocycles. The molecule has 0 fully saturated rings. The fourth-order valence-corrected chi connectivity index (χ4v) is 2.71. The first-order chi connectivity index (χ1) is 9.29. The summed E-state index contributed by atoms with van der Waals surface area (Å²) in [5, 5.41) is 12.0. The second-order valence-electron chi connectivity index (χ2n) is 5.80. The lowest BCUT2D eigenvalue weighted by Gasteiger charge is -2.33. The molecule has 0 bridgehead atoms. The molecular formula is C15H21N3OS. The van der Waals surface area contributed by atoms with Crippen molar-refractivity contribution in [3.8, 4) is 0 Å². The van der Waals surface area contributed by atoms with Crippen molar-refractivity contribution in [2.24, 2.45) is 9.98 Å². The zero-order valence-electron chi connectivity index (χ0n) is 12.6. The molecule has 0 spiro atoms. The Morgan fingerprint density at radius 3 is 2.35 bits per heavy atom. The SMILES string of the molecule is CSC1=NC(=NC(C)(C)C)C(O)(c2ccccc2)N1C. The number of likely N-dealkylation sites (N-methyl/N-ethyl adjacent to an activating group) is 1. The largest absolute Gasteiger partial charge is 0.361 e. The van der Waals surface area contributed by atoms with E-state index < -0.39 is 5.72 Å². The number of hydrogen-bond donors (Lipinski definition) is 1. The predicted molar refractivity (Wildman–Crippen MR) is 86.2 cm³/mol. The van der Waals surface area contributed by atoms with Crippen LogP contribution in [0.25, 0.3) is 0 Å². The average molecular weight is 291 g/mol. The summed E-state index contributed by atoms with van der Waals surface area (Å²) in [5.74, 6) is 0.447. The van der Waals surface area contributed by atoms with Gasteiger partial charge in [-0.2, -0.15) is 0 Å². The summed E-state index contributed by atoms with van der Waals surface area (Å²) in [6, 6.07) is 9.54. The van der Waals surface area contributed by atoms with Crippen LogP contribution in [0.1, 0.15) is 26.3 Å². The Kier molecular flexibility index (Phi) is 3.93. The molecule has 2 rings (SSSR count). The van der Waals surface area contributed by atoms with Crippen LogP contribution in [0.15, 0.2) is 40.3 Å². The van der Waals surface area contributed by atoms with E-state index in [1.165, 1.54) is 11.8 Å². The van der Waals surface area contributed by atoms with Crippen LogP contribution < -0.4 is 0 Å². The van der Waals surface area contributed by atoms with Crippen molar-refractivity contribution in [1.82, 2.24) is 4.90 Å². The lowest BCUT2D eigenvalue weighted by molar-refractivity contribution is 0.0111. The van der Waals surface area contributed by atoms with Crippen molar-refractivity contribution in [3.63, 3.8) is 0 Å². The van der Waals surface area contributed by atoms with E-state index in [-0.39, 0.29) is 5.54 Å². The zero-order chi connectivity index (χ0) is 15.0. The minimum atomic E-state index is -1.30. The van der Waals surface area contributed by atoms with Crippen LogP contribution in [-0.2, 0) is 5.72 Å². The number of amidine groups is 2.